The minimum absolute atomic E-state index is 0.243. The second-order valence-corrected chi connectivity index (χ2v) is 6.56. The largest absolute Gasteiger partial charge is 0.497 e. The zero-order chi connectivity index (χ0) is 19.0. The zero-order valence-corrected chi connectivity index (χ0v) is 15.2. The molecule has 1 aliphatic rings. The summed E-state index contributed by atoms with van der Waals surface area (Å²) in [6, 6.07) is 19.8. The van der Waals surface area contributed by atoms with Gasteiger partial charge in [0.15, 0.2) is 0 Å². The predicted octanol–water partition coefficient (Wildman–Crippen LogP) is 3.50. The lowest BCUT2D eigenvalue weighted by Crippen LogP contribution is -2.46. The van der Waals surface area contributed by atoms with Gasteiger partial charge in [-0.3, -0.25) is 14.7 Å². The fourth-order valence-corrected chi connectivity index (χ4v) is 3.68. The van der Waals surface area contributed by atoms with Crippen LogP contribution in [0.25, 0.3) is 0 Å². The van der Waals surface area contributed by atoms with Crippen LogP contribution in [0.4, 0.5) is 0 Å². The van der Waals surface area contributed by atoms with Crippen molar-refractivity contribution in [1.82, 2.24) is 9.88 Å². The highest BCUT2D eigenvalue weighted by atomic mass is 16.5. The van der Waals surface area contributed by atoms with E-state index < -0.39 is 5.72 Å². The molecule has 2 heterocycles. The third-order valence-corrected chi connectivity index (χ3v) is 5.10. The Balaban J connectivity index is 1.89. The molecule has 1 amide bonds. The van der Waals surface area contributed by atoms with Crippen molar-refractivity contribution in [1.29, 1.82) is 0 Å². The molecule has 0 radical (unpaired) electrons. The summed E-state index contributed by atoms with van der Waals surface area (Å²) in [5.74, 6) is 0.434. The molecule has 1 aromatic heterocycles. The molecular formula is C22H20N2O3. The summed E-state index contributed by atoms with van der Waals surface area (Å²) in [7, 11) is 1.59. The van der Waals surface area contributed by atoms with Crippen LogP contribution in [0.15, 0.2) is 72.9 Å². The van der Waals surface area contributed by atoms with Gasteiger partial charge in [0.1, 0.15) is 11.4 Å². The monoisotopic (exact) mass is 360 g/mol. The standard InChI is InChI=1S/C22H20N2O3/c1-15(16-7-4-3-5-8-16)24-21(25)19-9-6-14-23-20(19)22(24,26)17-10-12-18(27-2)13-11-17/h3-15,26H,1-2H3. The van der Waals surface area contributed by atoms with Crippen molar-refractivity contribution in [3.05, 3.63) is 95.3 Å². The van der Waals surface area contributed by atoms with Crippen LogP contribution in [0.2, 0.25) is 0 Å². The van der Waals surface area contributed by atoms with Crippen molar-refractivity contribution in [3.8, 4) is 5.75 Å². The minimum atomic E-state index is -1.66. The number of aromatic nitrogens is 1. The van der Waals surface area contributed by atoms with E-state index in [0.29, 0.717) is 22.6 Å². The molecule has 0 saturated carbocycles. The Hall–Kier alpha value is -3.18. The smallest absolute Gasteiger partial charge is 0.259 e. The van der Waals surface area contributed by atoms with E-state index in [0.717, 1.165) is 5.56 Å². The fourth-order valence-electron chi connectivity index (χ4n) is 3.68. The topological polar surface area (TPSA) is 62.7 Å². The Labute approximate surface area is 157 Å². The average molecular weight is 360 g/mol. The van der Waals surface area contributed by atoms with Gasteiger partial charge in [-0.05, 0) is 36.8 Å². The molecule has 3 aromatic rings. The average Bonchev–Trinajstić information content (AvgIpc) is 2.96. The first-order valence-corrected chi connectivity index (χ1v) is 8.78. The molecule has 4 rings (SSSR count). The molecule has 0 bridgehead atoms. The maximum atomic E-state index is 13.2. The van der Waals surface area contributed by atoms with Crippen molar-refractivity contribution >= 4 is 5.91 Å². The summed E-state index contributed by atoms with van der Waals surface area (Å²) < 4.78 is 5.22. The maximum Gasteiger partial charge on any atom is 0.259 e. The van der Waals surface area contributed by atoms with E-state index in [1.165, 1.54) is 4.90 Å². The van der Waals surface area contributed by atoms with E-state index in [2.05, 4.69) is 4.98 Å². The van der Waals surface area contributed by atoms with Gasteiger partial charge < -0.3 is 9.84 Å². The molecule has 1 aliphatic heterocycles. The molecule has 27 heavy (non-hydrogen) atoms. The Morgan fingerprint density at radius 3 is 2.41 bits per heavy atom. The van der Waals surface area contributed by atoms with Crippen LogP contribution in [0.3, 0.4) is 0 Å². The number of methoxy groups -OCH3 is 1. The summed E-state index contributed by atoms with van der Waals surface area (Å²) in [5, 5.41) is 11.8. The van der Waals surface area contributed by atoms with Crippen LogP contribution < -0.4 is 4.74 Å². The molecule has 0 fully saturated rings. The number of ether oxygens (including phenoxy) is 1. The number of fused-ring (bicyclic) bond motifs is 1. The van der Waals surface area contributed by atoms with E-state index in [4.69, 9.17) is 4.74 Å². The van der Waals surface area contributed by atoms with E-state index >= 15 is 0 Å². The third-order valence-electron chi connectivity index (χ3n) is 5.10. The van der Waals surface area contributed by atoms with Gasteiger partial charge in [-0.25, -0.2) is 0 Å². The first-order valence-electron chi connectivity index (χ1n) is 8.78. The maximum absolute atomic E-state index is 13.2. The van der Waals surface area contributed by atoms with Gasteiger partial charge in [0.05, 0.1) is 18.7 Å². The lowest BCUT2D eigenvalue weighted by Gasteiger charge is -2.38. The van der Waals surface area contributed by atoms with E-state index in [9.17, 15) is 9.90 Å². The second kappa shape index (κ2) is 6.52. The first kappa shape index (κ1) is 17.2. The summed E-state index contributed by atoms with van der Waals surface area (Å²) >= 11 is 0. The first-order chi connectivity index (χ1) is 13.1. The van der Waals surface area contributed by atoms with Crippen molar-refractivity contribution < 1.29 is 14.6 Å². The van der Waals surface area contributed by atoms with E-state index in [1.807, 2.05) is 37.3 Å². The number of hydrogen-bond donors (Lipinski definition) is 1. The van der Waals surface area contributed by atoms with Crippen molar-refractivity contribution in [2.24, 2.45) is 0 Å². The highest BCUT2D eigenvalue weighted by Gasteiger charge is 2.53. The Morgan fingerprint density at radius 1 is 1.04 bits per heavy atom. The lowest BCUT2D eigenvalue weighted by atomic mass is 9.96. The van der Waals surface area contributed by atoms with Gasteiger partial charge in [0, 0.05) is 11.8 Å². The molecule has 0 saturated heterocycles. The number of carbonyl (C=O) groups is 1. The number of nitrogens with zero attached hydrogens (tertiary/aromatic N) is 2. The quantitative estimate of drug-likeness (QED) is 0.773. The number of pyridine rings is 1. The van der Waals surface area contributed by atoms with Gasteiger partial charge in [-0.15, -0.1) is 0 Å². The Kier molecular flexibility index (Phi) is 4.16. The van der Waals surface area contributed by atoms with Crippen LogP contribution in [0.1, 0.15) is 40.1 Å². The van der Waals surface area contributed by atoms with E-state index in [-0.39, 0.29) is 11.9 Å². The number of hydrogen-bond acceptors (Lipinski definition) is 4. The molecule has 2 unspecified atom stereocenters. The fraction of sp³-hybridized carbons (Fsp3) is 0.182. The van der Waals surface area contributed by atoms with E-state index in [1.54, 1.807) is 49.7 Å². The molecule has 5 heteroatoms. The molecule has 136 valence electrons. The van der Waals surface area contributed by atoms with Crippen molar-refractivity contribution in [3.63, 3.8) is 0 Å². The number of amides is 1. The van der Waals surface area contributed by atoms with Gasteiger partial charge in [0.25, 0.3) is 5.91 Å². The Morgan fingerprint density at radius 2 is 1.74 bits per heavy atom. The Bertz CT molecular complexity index is 972. The third kappa shape index (κ3) is 2.59. The number of rotatable bonds is 4. The molecule has 2 aromatic carbocycles. The molecule has 0 aliphatic carbocycles. The second-order valence-electron chi connectivity index (χ2n) is 6.56. The molecule has 0 spiro atoms. The SMILES string of the molecule is COc1ccc(C2(O)c3ncccc3C(=O)N2C(C)c2ccccc2)cc1. The lowest BCUT2D eigenvalue weighted by molar-refractivity contribution is -0.0703. The number of aliphatic hydroxyl groups is 1. The zero-order valence-electron chi connectivity index (χ0n) is 15.2. The predicted molar refractivity (Wildman–Crippen MR) is 101 cm³/mol. The highest BCUT2D eigenvalue weighted by Crippen LogP contribution is 2.45. The van der Waals surface area contributed by atoms with Crippen LogP contribution >= 0.6 is 0 Å². The minimum Gasteiger partial charge on any atom is -0.497 e. The van der Waals surface area contributed by atoms with Crippen LogP contribution in [0, 0.1) is 0 Å². The van der Waals surface area contributed by atoms with Gasteiger partial charge in [-0.2, -0.15) is 0 Å². The molecule has 1 N–H and O–H groups in total. The molecular weight excluding hydrogens is 340 g/mol. The summed E-state index contributed by atoms with van der Waals surface area (Å²) in [4.78, 5) is 19.1. The molecule has 2 atom stereocenters. The van der Waals surface area contributed by atoms with Crippen molar-refractivity contribution in [2.75, 3.05) is 7.11 Å². The van der Waals surface area contributed by atoms with Gasteiger partial charge in [0.2, 0.25) is 5.72 Å². The summed E-state index contributed by atoms with van der Waals surface area (Å²) in [6.07, 6.45) is 1.59. The van der Waals surface area contributed by atoms with Crippen LogP contribution in [-0.4, -0.2) is 28.0 Å². The summed E-state index contributed by atoms with van der Waals surface area (Å²) in [5.41, 5.74) is 0.610. The van der Waals surface area contributed by atoms with Gasteiger partial charge in [-0.1, -0.05) is 42.5 Å². The van der Waals surface area contributed by atoms with Crippen LogP contribution in [-0.2, 0) is 5.72 Å². The number of carbonyl (C=O) groups excluding carboxylic acids is 1. The van der Waals surface area contributed by atoms with Crippen molar-refractivity contribution in [2.45, 2.75) is 18.7 Å². The summed E-state index contributed by atoms with van der Waals surface area (Å²) in [6.45, 7) is 1.91. The normalized spacial score (nSPS) is 19.7. The van der Waals surface area contributed by atoms with Gasteiger partial charge >= 0.3 is 0 Å². The van der Waals surface area contributed by atoms with Crippen LogP contribution in [0.5, 0.6) is 5.75 Å². The molecule has 5 nitrogen and oxygen atoms in total. The highest BCUT2D eigenvalue weighted by molar-refractivity contribution is 6.00. The number of benzene rings is 2.